The zero-order valence-corrected chi connectivity index (χ0v) is 13.2. The van der Waals surface area contributed by atoms with Gasteiger partial charge in [-0.3, -0.25) is 0 Å². The van der Waals surface area contributed by atoms with Crippen molar-refractivity contribution in [1.29, 1.82) is 0 Å². The van der Waals surface area contributed by atoms with Crippen molar-refractivity contribution >= 4 is 17.6 Å². The molecule has 0 saturated carbocycles. The van der Waals surface area contributed by atoms with Gasteiger partial charge in [-0.15, -0.1) is 0 Å². The number of hydrogen-bond donors (Lipinski definition) is 0. The Labute approximate surface area is 138 Å². The molecular formula is C17H15ClO5. The van der Waals surface area contributed by atoms with Crippen LogP contribution in [0.3, 0.4) is 0 Å². The maximum atomic E-state index is 12.1. The van der Waals surface area contributed by atoms with Crippen LogP contribution in [0.4, 0.5) is 0 Å². The molecule has 0 amide bonds. The SMILES string of the molecule is CC(Oc1ccc(Cl)cc1)C(=O)Oc1ccc2c(c1)OCCO2. The second kappa shape index (κ2) is 6.79. The van der Waals surface area contributed by atoms with Crippen LogP contribution >= 0.6 is 11.6 Å². The van der Waals surface area contributed by atoms with Gasteiger partial charge in [-0.25, -0.2) is 4.79 Å². The molecule has 2 aromatic rings. The van der Waals surface area contributed by atoms with Gasteiger partial charge in [-0.2, -0.15) is 0 Å². The molecule has 1 aliphatic rings. The van der Waals surface area contributed by atoms with E-state index in [0.29, 0.717) is 41.2 Å². The first kappa shape index (κ1) is 15.5. The Hall–Kier alpha value is -2.40. The third-order valence-electron chi connectivity index (χ3n) is 3.19. The highest BCUT2D eigenvalue weighted by Gasteiger charge is 2.19. The minimum atomic E-state index is -0.760. The molecule has 6 heteroatoms. The summed E-state index contributed by atoms with van der Waals surface area (Å²) in [6.45, 7) is 2.60. The number of halogens is 1. The van der Waals surface area contributed by atoms with E-state index in [2.05, 4.69) is 0 Å². The lowest BCUT2D eigenvalue weighted by molar-refractivity contribution is -0.141. The molecule has 5 nitrogen and oxygen atoms in total. The first-order chi connectivity index (χ1) is 11.1. The number of hydrogen-bond acceptors (Lipinski definition) is 5. The van der Waals surface area contributed by atoms with Gasteiger partial charge >= 0.3 is 5.97 Å². The third-order valence-corrected chi connectivity index (χ3v) is 3.44. The van der Waals surface area contributed by atoms with Crippen molar-refractivity contribution in [2.45, 2.75) is 13.0 Å². The van der Waals surface area contributed by atoms with Gasteiger partial charge in [-0.05, 0) is 43.3 Å². The van der Waals surface area contributed by atoms with Crippen LogP contribution < -0.4 is 18.9 Å². The monoisotopic (exact) mass is 334 g/mol. The maximum Gasteiger partial charge on any atom is 0.352 e. The summed E-state index contributed by atoms with van der Waals surface area (Å²) in [5.41, 5.74) is 0. The number of fused-ring (bicyclic) bond motifs is 1. The minimum absolute atomic E-state index is 0.380. The summed E-state index contributed by atoms with van der Waals surface area (Å²) in [7, 11) is 0. The molecule has 1 unspecified atom stereocenters. The van der Waals surface area contributed by atoms with Gasteiger partial charge in [0.2, 0.25) is 0 Å². The van der Waals surface area contributed by atoms with Crippen LogP contribution in [0.1, 0.15) is 6.92 Å². The van der Waals surface area contributed by atoms with E-state index in [4.69, 9.17) is 30.5 Å². The van der Waals surface area contributed by atoms with E-state index in [1.807, 2.05) is 0 Å². The van der Waals surface area contributed by atoms with E-state index < -0.39 is 12.1 Å². The molecule has 0 radical (unpaired) electrons. The Morgan fingerprint density at radius 1 is 1.04 bits per heavy atom. The summed E-state index contributed by atoms with van der Waals surface area (Å²) in [4.78, 5) is 12.1. The molecule has 120 valence electrons. The van der Waals surface area contributed by atoms with Crippen molar-refractivity contribution in [3.8, 4) is 23.0 Å². The number of benzene rings is 2. The highest BCUT2D eigenvalue weighted by molar-refractivity contribution is 6.30. The fraction of sp³-hybridized carbons (Fsp3) is 0.235. The lowest BCUT2D eigenvalue weighted by Gasteiger charge is -2.19. The Bertz CT molecular complexity index is 699. The van der Waals surface area contributed by atoms with E-state index in [-0.39, 0.29) is 0 Å². The van der Waals surface area contributed by atoms with Gasteiger partial charge in [0.1, 0.15) is 24.7 Å². The molecule has 0 bridgehead atoms. The molecule has 1 atom stereocenters. The summed E-state index contributed by atoms with van der Waals surface area (Å²) < 4.78 is 21.7. The summed E-state index contributed by atoms with van der Waals surface area (Å²) in [5, 5.41) is 0.601. The smallest absolute Gasteiger partial charge is 0.352 e. The van der Waals surface area contributed by atoms with E-state index in [1.54, 1.807) is 49.4 Å². The zero-order chi connectivity index (χ0) is 16.2. The predicted octanol–water partition coefficient (Wildman–Crippen LogP) is 3.48. The Kier molecular flexibility index (Phi) is 4.57. The average molecular weight is 335 g/mol. The van der Waals surface area contributed by atoms with Crippen LogP contribution in [-0.4, -0.2) is 25.3 Å². The Balaban J connectivity index is 1.63. The molecule has 2 aromatic carbocycles. The van der Waals surface area contributed by atoms with E-state index in [9.17, 15) is 4.79 Å². The van der Waals surface area contributed by atoms with E-state index in [0.717, 1.165) is 0 Å². The average Bonchev–Trinajstić information content (AvgIpc) is 2.56. The molecule has 3 rings (SSSR count). The van der Waals surface area contributed by atoms with Crippen molar-refractivity contribution in [1.82, 2.24) is 0 Å². The lowest BCUT2D eigenvalue weighted by atomic mass is 10.3. The van der Waals surface area contributed by atoms with Gasteiger partial charge in [0.25, 0.3) is 0 Å². The summed E-state index contributed by atoms with van der Waals surface area (Å²) in [6.07, 6.45) is -0.760. The number of carbonyl (C=O) groups is 1. The Morgan fingerprint density at radius 3 is 2.43 bits per heavy atom. The molecule has 1 heterocycles. The molecule has 0 saturated heterocycles. The van der Waals surface area contributed by atoms with Crippen molar-refractivity contribution < 1.29 is 23.7 Å². The fourth-order valence-electron chi connectivity index (χ4n) is 2.05. The number of carbonyl (C=O) groups excluding carboxylic acids is 1. The normalized spacial score (nSPS) is 14.0. The van der Waals surface area contributed by atoms with Crippen molar-refractivity contribution in [2.75, 3.05) is 13.2 Å². The maximum absolute atomic E-state index is 12.1. The van der Waals surface area contributed by atoms with Crippen LogP contribution in [0.15, 0.2) is 42.5 Å². The van der Waals surface area contributed by atoms with Crippen LogP contribution in [0, 0.1) is 0 Å². The zero-order valence-electron chi connectivity index (χ0n) is 12.5. The third kappa shape index (κ3) is 3.87. The fourth-order valence-corrected chi connectivity index (χ4v) is 2.18. The minimum Gasteiger partial charge on any atom is -0.486 e. The standard InChI is InChI=1S/C17H15ClO5/c1-11(22-13-4-2-12(18)3-5-13)17(19)23-14-6-7-15-16(10-14)21-9-8-20-15/h2-7,10-11H,8-9H2,1H3. The number of esters is 1. The molecule has 0 fully saturated rings. The van der Waals surface area contributed by atoms with E-state index in [1.165, 1.54) is 0 Å². The van der Waals surface area contributed by atoms with Crippen molar-refractivity contribution in [3.63, 3.8) is 0 Å². The van der Waals surface area contributed by atoms with Gasteiger partial charge < -0.3 is 18.9 Å². The van der Waals surface area contributed by atoms with Gasteiger partial charge in [0, 0.05) is 11.1 Å². The molecule has 1 aliphatic heterocycles. The van der Waals surface area contributed by atoms with Crippen LogP contribution in [0.25, 0.3) is 0 Å². The summed E-state index contributed by atoms with van der Waals surface area (Å²) in [5.74, 6) is 1.62. The quantitative estimate of drug-likeness (QED) is 0.633. The summed E-state index contributed by atoms with van der Waals surface area (Å²) >= 11 is 5.81. The van der Waals surface area contributed by atoms with Gasteiger partial charge in [0.15, 0.2) is 17.6 Å². The Morgan fingerprint density at radius 2 is 1.70 bits per heavy atom. The molecular weight excluding hydrogens is 320 g/mol. The molecule has 0 N–H and O–H groups in total. The van der Waals surface area contributed by atoms with Crippen molar-refractivity contribution in [2.24, 2.45) is 0 Å². The largest absolute Gasteiger partial charge is 0.486 e. The van der Waals surface area contributed by atoms with E-state index >= 15 is 0 Å². The predicted molar refractivity (Wildman–Crippen MR) is 84.6 cm³/mol. The highest BCUT2D eigenvalue weighted by atomic mass is 35.5. The molecule has 0 spiro atoms. The second-order valence-corrected chi connectivity index (χ2v) is 5.38. The van der Waals surface area contributed by atoms with Crippen LogP contribution in [0.2, 0.25) is 5.02 Å². The summed E-state index contributed by atoms with van der Waals surface area (Å²) in [6, 6.07) is 11.8. The molecule has 0 aromatic heterocycles. The highest BCUT2D eigenvalue weighted by Crippen LogP contribution is 2.33. The molecule has 0 aliphatic carbocycles. The first-order valence-electron chi connectivity index (χ1n) is 7.15. The van der Waals surface area contributed by atoms with Gasteiger partial charge in [-0.1, -0.05) is 11.6 Å². The lowest BCUT2D eigenvalue weighted by Crippen LogP contribution is -2.28. The topological polar surface area (TPSA) is 54.0 Å². The van der Waals surface area contributed by atoms with Gasteiger partial charge in [0.05, 0.1) is 0 Å². The van der Waals surface area contributed by atoms with Crippen LogP contribution in [0.5, 0.6) is 23.0 Å². The van der Waals surface area contributed by atoms with Crippen molar-refractivity contribution in [3.05, 3.63) is 47.5 Å². The first-order valence-corrected chi connectivity index (χ1v) is 7.53. The molecule has 23 heavy (non-hydrogen) atoms. The number of ether oxygens (including phenoxy) is 4. The van der Waals surface area contributed by atoms with Crippen LogP contribution in [-0.2, 0) is 4.79 Å². The number of rotatable bonds is 4. The second-order valence-electron chi connectivity index (χ2n) is 4.94.